The number of nitrogens with one attached hydrogen (secondary N) is 1. The van der Waals surface area contributed by atoms with Crippen molar-refractivity contribution in [2.75, 3.05) is 33.9 Å². The predicted octanol–water partition coefficient (Wildman–Crippen LogP) is 2.83. The Morgan fingerprint density at radius 1 is 1.27 bits per heavy atom. The topological polar surface area (TPSA) is 50.8 Å². The van der Waals surface area contributed by atoms with Crippen molar-refractivity contribution in [2.45, 2.75) is 32.4 Å². The molecule has 0 saturated carbocycles. The smallest absolute Gasteiger partial charge is 0.410 e. The largest absolute Gasteiger partial charge is 0.444 e. The number of amides is 1. The van der Waals surface area contributed by atoms with E-state index in [9.17, 15) is 4.79 Å². The Bertz CT molecular complexity index is 443. The average molecular weight is 308 g/mol. The average Bonchev–Trinajstić information content (AvgIpc) is 2.45. The van der Waals surface area contributed by atoms with Gasteiger partial charge in [0.15, 0.2) is 0 Å². The van der Waals surface area contributed by atoms with E-state index >= 15 is 0 Å². The molecule has 124 valence electrons. The Balaban J connectivity index is 2.44. The highest BCUT2D eigenvalue weighted by atomic mass is 16.6. The second-order valence-corrected chi connectivity index (χ2v) is 6.27. The first kappa shape index (κ1) is 18.5. The molecule has 0 aliphatic heterocycles. The maximum absolute atomic E-state index is 11.9. The van der Waals surface area contributed by atoms with Crippen LogP contribution in [0.15, 0.2) is 30.3 Å². The Morgan fingerprint density at radius 2 is 1.91 bits per heavy atom. The number of rotatable bonds is 7. The van der Waals surface area contributed by atoms with Crippen LogP contribution < -0.4 is 5.32 Å². The van der Waals surface area contributed by atoms with Crippen LogP contribution in [0.25, 0.3) is 0 Å². The van der Waals surface area contributed by atoms with Gasteiger partial charge < -0.3 is 19.7 Å². The molecular formula is C17H28N2O3. The second-order valence-electron chi connectivity index (χ2n) is 6.27. The molecule has 0 saturated heterocycles. The van der Waals surface area contributed by atoms with Gasteiger partial charge in [-0.2, -0.15) is 0 Å². The van der Waals surface area contributed by atoms with E-state index in [1.165, 1.54) is 5.56 Å². The SMILES string of the molecule is COCC(NCCN(C)C(=O)OC(C)(C)C)c1ccccc1. The van der Waals surface area contributed by atoms with Crippen LogP contribution in [-0.4, -0.2) is 50.4 Å². The van der Waals surface area contributed by atoms with E-state index in [4.69, 9.17) is 9.47 Å². The lowest BCUT2D eigenvalue weighted by molar-refractivity contribution is 0.0298. The lowest BCUT2D eigenvalue weighted by Gasteiger charge is -2.25. The van der Waals surface area contributed by atoms with Gasteiger partial charge in [0.1, 0.15) is 5.60 Å². The Kier molecular flexibility index (Phi) is 7.35. The van der Waals surface area contributed by atoms with Gasteiger partial charge in [0, 0.05) is 27.2 Å². The third-order valence-electron chi connectivity index (χ3n) is 3.08. The van der Waals surface area contributed by atoms with E-state index in [2.05, 4.69) is 17.4 Å². The zero-order chi connectivity index (χ0) is 16.6. The molecule has 0 spiro atoms. The summed E-state index contributed by atoms with van der Waals surface area (Å²) < 4.78 is 10.6. The highest BCUT2D eigenvalue weighted by Crippen LogP contribution is 2.12. The standard InChI is InChI=1S/C17H28N2O3/c1-17(2,3)22-16(20)19(4)12-11-18-15(13-21-5)14-9-7-6-8-10-14/h6-10,15,18H,11-13H2,1-5H3. The molecule has 0 bridgehead atoms. The molecule has 1 atom stereocenters. The van der Waals surface area contributed by atoms with E-state index in [-0.39, 0.29) is 12.1 Å². The molecule has 1 rings (SSSR count). The van der Waals surface area contributed by atoms with Gasteiger partial charge in [0.25, 0.3) is 0 Å². The first-order valence-corrected chi connectivity index (χ1v) is 7.55. The van der Waals surface area contributed by atoms with Crippen LogP contribution in [0.3, 0.4) is 0 Å². The molecule has 1 unspecified atom stereocenters. The molecule has 5 heteroatoms. The molecule has 0 aliphatic rings. The predicted molar refractivity (Wildman–Crippen MR) is 87.9 cm³/mol. The fraction of sp³-hybridized carbons (Fsp3) is 0.588. The zero-order valence-corrected chi connectivity index (χ0v) is 14.3. The summed E-state index contributed by atoms with van der Waals surface area (Å²) >= 11 is 0. The normalized spacial score (nSPS) is 12.8. The number of hydrogen-bond acceptors (Lipinski definition) is 4. The van der Waals surface area contributed by atoms with E-state index in [0.717, 1.165) is 0 Å². The van der Waals surface area contributed by atoms with Crippen molar-refractivity contribution in [3.63, 3.8) is 0 Å². The molecule has 1 aromatic carbocycles. The highest BCUT2D eigenvalue weighted by molar-refractivity contribution is 5.67. The van der Waals surface area contributed by atoms with Gasteiger partial charge >= 0.3 is 6.09 Å². The van der Waals surface area contributed by atoms with Crippen molar-refractivity contribution in [1.82, 2.24) is 10.2 Å². The number of benzene rings is 1. The fourth-order valence-corrected chi connectivity index (χ4v) is 1.96. The third kappa shape index (κ3) is 6.91. The summed E-state index contributed by atoms with van der Waals surface area (Å²) in [6.07, 6.45) is -0.308. The fourth-order valence-electron chi connectivity index (χ4n) is 1.96. The quantitative estimate of drug-likeness (QED) is 0.841. The maximum atomic E-state index is 11.9. The van der Waals surface area contributed by atoms with Crippen molar-refractivity contribution in [1.29, 1.82) is 0 Å². The van der Waals surface area contributed by atoms with Crippen molar-refractivity contribution in [2.24, 2.45) is 0 Å². The van der Waals surface area contributed by atoms with E-state index in [1.807, 2.05) is 39.0 Å². The van der Waals surface area contributed by atoms with E-state index < -0.39 is 5.60 Å². The number of carbonyl (C=O) groups is 1. The molecule has 1 amide bonds. The van der Waals surface area contributed by atoms with Crippen LogP contribution in [0.1, 0.15) is 32.4 Å². The monoisotopic (exact) mass is 308 g/mol. The first-order valence-electron chi connectivity index (χ1n) is 7.55. The van der Waals surface area contributed by atoms with Gasteiger partial charge in [-0.3, -0.25) is 0 Å². The summed E-state index contributed by atoms with van der Waals surface area (Å²) in [7, 11) is 3.42. The van der Waals surface area contributed by atoms with Crippen molar-refractivity contribution in [3.05, 3.63) is 35.9 Å². The summed E-state index contributed by atoms with van der Waals surface area (Å²) in [6, 6.07) is 10.2. The molecule has 0 fully saturated rings. The van der Waals surface area contributed by atoms with Gasteiger partial charge in [-0.05, 0) is 26.3 Å². The maximum Gasteiger partial charge on any atom is 0.410 e. The summed E-state index contributed by atoms with van der Waals surface area (Å²) in [5.41, 5.74) is 0.700. The summed E-state index contributed by atoms with van der Waals surface area (Å²) in [6.45, 7) is 7.41. The van der Waals surface area contributed by atoms with Crippen molar-refractivity contribution in [3.8, 4) is 0 Å². The molecular weight excluding hydrogens is 280 g/mol. The molecule has 5 nitrogen and oxygen atoms in total. The summed E-state index contributed by atoms with van der Waals surface area (Å²) in [5, 5.41) is 3.41. The molecule has 0 aliphatic carbocycles. The lowest BCUT2D eigenvalue weighted by atomic mass is 10.1. The number of nitrogens with zero attached hydrogens (tertiary/aromatic N) is 1. The summed E-state index contributed by atoms with van der Waals surface area (Å²) in [4.78, 5) is 13.5. The number of hydrogen-bond donors (Lipinski definition) is 1. The lowest BCUT2D eigenvalue weighted by Crippen LogP contribution is -2.39. The van der Waals surface area contributed by atoms with Gasteiger partial charge in [0.05, 0.1) is 12.6 Å². The van der Waals surface area contributed by atoms with Gasteiger partial charge in [-0.15, -0.1) is 0 Å². The molecule has 0 heterocycles. The highest BCUT2D eigenvalue weighted by Gasteiger charge is 2.19. The molecule has 1 N–H and O–H groups in total. The Hall–Kier alpha value is -1.59. The third-order valence-corrected chi connectivity index (χ3v) is 3.08. The van der Waals surface area contributed by atoms with Gasteiger partial charge in [-0.1, -0.05) is 30.3 Å². The molecule has 22 heavy (non-hydrogen) atoms. The van der Waals surface area contributed by atoms with Crippen LogP contribution in [0.4, 0.5) is 4.79 Å². The minimum absolute atomic E-state index is 0.109. The minimum Gasteiger partial charge on any atom is -0.444 e. The van der Waals surface area contributed by atoms with Crippen LogP contribution in [-0.2, 0) is 9.47 Å². The van der Waals surface area contributed by atoms with Crippen LogP contribution in [0.5, 0.6) is 0 Å². The summed E-state index contributed by atoms with van der Waals surface area (Å²) in [5.74, 6) is 0. The van der Waals surface area contributed by atoms with E-state index in [0.29, 0.717) is 19.7 Å². The minimum atomic E-state index is -0.471. The van der Waals surface area contributed by atoms with Crippen molar-refractivity contribution < 1.29 is 14.3 Å². The van der Waals surface area contributed by atoms with Crippen molar-refractivity contribution >= 4 is 6.09 Å². The zero-order valence-electron chi connectivity index (χ0n) is 14.3. The first-order chi connectivity index (χ1) is 10.3. The Labute approximate surface area is 133 Å². The second kappa shape index (κ2) is 8.76. The molecule has 1 aromatic rings. The number of methoxy groups -OCH3 is 1. The number of carbonyl (C=O) groups excluding carboxylic acids is 1. The molecule has 0 radical (unpaired) electrons. The van der Waals surface area contributed by atoms with Crippen LogP contribution >= 0.6 is 0 Å². The van der Waals surface area contributed by atoms with Crippen LogP contribution in [0, 0.1) is 0 Å². The number of ether oxygens (including phenoxy) is 2. The Morgan fingerprint density at radius 3 is 2.45 bits per heavy atom. The van der Waals surface area contributed by atoms with Crippen LogP contribution in [0.2, 0.25) is 0 Å². The van der Waals surface area contributed by atoms with E-state index in [1.54, 1.807) is 19.1 Å². The molecule has 0 aromatic heterocycles. The van der Waals surface area contributed by atoms with Gasteiger partial charge in [0.2, 0.25) is 0 Å². The number of likely N-dealkylation sites (N-methyl/N-ethyl adjacent to an activating group) is 1. The van der Waals surface area contributed by atoms with Gasteiger partial charge in [-0.25, -0.2) is 4.79 Å².